The van der Waals surface area contributed by atoms with E-state index >= 15 is 0 Å². The Morgan fingerprint density at radius 2 is 1.67 bits per heavy atom. The number of rotatable bonds is 5. The van der Waals surface area contributed by atoms with Crippen LogP contribution in [0.3, 0.4) is 0 Å². The highest BCUT2D eigenvalue weighted by Gasteiger charge is 2.36. The van der Waals surface area contributed by atoms with Gasteiger partial charge in [-0.3, -0.25) is 4.90 Å². The van der Waals surface area contributed by atoms with Gasteiger partial charge < -0.3 is 14.7 Å². The summed E-state index contributed by atoms with van der Waals surface area (Å²) < 4.78 is 6.11. The number of para-hydroxylation sites is 3. The van der Waals surface area contributed by atoms with E-state index in [4.69, 9.17) is 4.74 Å². The first kappa shape index (κ1) is 19.6. The standard InChI is InChI=1S/C23H32N2O2/c1-16(2)21-15-24(19(5)27-23-13-9-8-12-22(23)26)18(4)14-25(21)20-11-7-6-10-17(20)3/h6-13,16,18-19,21,26H,14-15H2,1-5H3. The van der Waals surface area contributed by atoms with Crippen LogP contribution >= 0.6 is 0 Å². The summed E-state index contributed by atoms with van der Waals surface area (Å²) in [5.41, 5.74) is 2.65. The summed E-state index contributed by atoms with van der Waals surface area (Å²) >= 11 is 0. The van der Waals surface area contributed by atoms with Crippen LogP contribution in [-0.4, -0.2) is 41.4 Å². The molecule has 27 heavy (non-hydrogen) atoms. The summed E-state index contributed by atoms with van der Waals surface area (Å²) in [6, 6.07) is 16.6. The number of piperazine rings is 1. The van der Waals surface area contributed by atoms with E-state index in [1.807, 2.05) is 18.2 Å². The molecule has 1 heterocycles. The van der Waals surface area contributed by atoms with Crippen molar-refractivity contribution in [2.24, 2.45) is 5.92 Å². The zero-order valence-corrected chi connectivity index (χ0v) is 17.1. The molecule has 0 bridgehead atoms. The summed E-state index contributed by atoms with van der Waals surface area (Å²) in [6.07, 6.45) is -0.103. The molecule has 2 aromatic carbocycles. The number of anilines is 1. The topological polar surface area (TPSA) is 35.9 Å². The molecule has 1 aliphatic rings. The number of ether oxygens (including phenoxy) is 1. The maximum Gasteiger partial charge on any atom is 0.163 e. The maximum atomic E-state index is 10.0. The van der Waals surface area contributed by atoms with Crippen LogP contribution in [0.25, 0.3) is 0 Å². The molecule has 0 spiro atoms. The minimum Gasteiger partial charge on any atom is -0.504 e. The second-order valence-corrected chi connectivity index (χ2v) is 7.98. The van der Waals surface area contributed by atoms with Crippen molar-refractivity contribution >= 4 is 5.69 Å². The fourth-order valence-corrected chi connectivity index (χ4v) is 4.07. The third-order valence-corrected chi connectivity index (χ3v) is 5.65. The predicted octanol–water partition coefficient (Wildman–Crippen LogP) is 4.66. The Morgan fingerprint density at radius 3 is 2.33 bits per heavy atom. The normalized spacial score (nSPS) is 22.1. The Morgan fingerprint density at radius 1 is 1.00 bits per heavy atom. The number of aryl methyl sites for hydroxylation is 1. The predicted molar refractivity (Wildman–Crippen MR) is 112 cm³/mol. The van der Waals surface area contributed by atoms with Crippen molar-refractivity contribution < 1.29 is 9.84 Å². The Bertz CT molecular complexity index is 762. The number of hydrogen-bond acceptors (Lipinski definition) is 4. The minimum atomic E-state index is -0.103. The van der Waals surface area contributed by atoms with Crippen molar-refractivity contribution in [1.82, 2.24) is 4.90 Å². The molecule has 0 aromatic heterocycles. The number of hydrogen-bond donors (Lipinski definition) is 1. The molecule has 0 saturated carbocycles. The molecule has 0 aliphatic carbocycles. The van der Waals surface area contributed by atoms with E-state index in [9.17, 15) is 5.11 Å². The molecule has 1 fully saturated rings. The molecule has 1 N–H and O–H groups in total. The van der Waals surface area contributed by atoms with Crippen molar-refractivity contribution in [2.45, 2.75) is 52.9 Å². The van der Waals surface area contributed by atoms with Crippen molar-refractivity contribution in [2.75, 3.05) is 18.0 Å². The minimum absolute atomic E-state index is 0.103. The molecule has 4 heteroatoms. The fourth-order valence-electron chi connectivity index (χ4n) is 4.07. The Labute approximate surface area is 163 Å². The van der Waals surface area contributed by atoms with Crippen LogP contribution in [0.2, 0.25) is 0 Å². The van der Waals surface area contributed by atoms with Gasteiger partial charge in [0.2, 0.25) is 0 Å². The van der Waals surface area contributed by atoms with Gasteiger partial charge >= 0.3 is 0 Å². The van der Waals surface area contributed by atoms with E-state index in [1.54, 1.807) is 6.07 Å². The zero-order valence-electron chi connectivity index (χ0n) is 17.1. The van der Waals surface area contributed by atoms with Crippen LogP contribution in [-0.2, 0) is 0 Å². The van der Waals surface area contributed by atoms with Gasteiger partial charge in [0.25, 0.3) is 0 Å². The molecular formula is C23H32N2O2. The largest absolute Gasteiger partial charge is 0.504 e. The Balaban J connectivity index is 1.80. The van der Waals surface area contributed by atoms with Gasteiger partial charge in [-0.15, -0.1) is 0 Å². The molecule has 146 valence electrons. The van der Waals surface area contributed by atoms with E-state index in [0.717, 1.165) is 13.1 Å². The fraction of sp³-hybridized carbons (Fsp3) is 0.478. The van der Waals surface area contributed by atoms with Gasteiger partial charge in [0.1, 0.15) is 6.23 Å². The molecule has 4 nitrogen and oxygen atoms in total. The summed E-state index contributed by atoms with van der Waals surface area (Å²) in [4.78, 5) is 4.97. The summed E-state index contributed by atoms with van der Waals surface area (Å²) in [6.45, 7) is 13.0. The number of aromatic hydroxyl groups is 1. The molecule has 0 radical (unpaired) electrons. The number of nitrogens with zero attached hydrogens (tertiary/aromatic N) is 2. The van der Waals surface area contributed by atoms with E-state index in [2.05, 4.69) is 68.7 Å². The third kappa shape index (κ3) is 4.22. The first-order valence-corrected chi connectivity index (χ1v) is 9.91. The van der Waals surface area contributed by atoms with E-state index in [-0.39, 0.29) is 12.0 Å². The molecule has 0 amide bonds. The molecular weight excluding hydrogens is 336 g/mol. The number of phenolic OH excluding ortho intramolecular Hbond substituents is 1. The molecule has 1 saturated heterocycles. The summed E-state index contributed by atoms with van der Waals surface area (Å²) in [5.74, 6) is 1.26. The Hall–Kier alpha value is -2.20. The molecule has 1 aliphatic heterocycles. The zero-order chi connectivity index (χ0) is 19.6. The third-order valence-electron chi connectivity index (χ3n) is 5.65. The molecule has 2 aromatic rings. The lowest BCUT2D eigenvalue weighted by Crippen LogP contribution is -2.62. The molecule has 3 rings (SSSR count). The van der Waals surface area contributed by atoms with E-state index in [0.29, 0.717) is 23.8 Å². The Kier molecular flexibility index (Phi) is 5.95. The first-order chi connectivity index (χ1) is 12.9. The van der Waals surface area contributed by atoms with Crippen molar-refractivity contribution in [1.29, 1.82) is 0 Å². The quantitative estimate of drug-likeness (QED) is 0.833. The SMILES string of the molecule is Cc1ccccc1N1CC(C)N(C(C)Oc2ccccc2O)CC1C(C)C. The van der Waals surface area contributed by atoms with Crippen molar-refractivity contribution in [3.63, 3.8) is 0 Å². The monoisotopic (exact) mass is 368 g/mol. The van der Waals surface area contributed by atoms with Crippen LogP contribution in [0.5, 0.6) is 11.5 Å². The lowest BCUT2D eigenvalue weighted by Gasteiger charge is -2.50. The average Bonchev–Trinajstić information content (AvgIpc) is 2.63. The van der Waals surface area contributed by atoms with Gasteiger partial charge in [-0.2, -0.15) is 0 Å². The number of benzene rings is 2. The highest BCUT2D eigenvalue weighted by Crippen LogP contribution is 2.32. The van der Waals surface area contributed by atoms with Gasteiger partial charge in [0.15, 0.2) is 11.5 Å². The van der Waals surface area contributed by atoms with Crippen LogP contribution in [0.15, 0.2) is 48.5 Å². The smallest absolute Gasteiger partial charge is 0.163 e. The van der Waals surface area contributed by atoms with Crippen molar-refractivity contribution in [3.8, 4) is 11.5 Å². The highest BCUT2D eigenvalue weighted by molar-refractivity contribution is 5.54. The second-order valence-electron chi connectivity index (χ2n) is 7.98. The van der Waals surface area contributed by atoms with Gasteiger partial charge in [-0.05, 0) is 50.5 Å². The average molecular weight is 369 g/mol. The lowest BCUT2D eigenvalue weighted by molar-refractivity contribution is -0.00941. The number of phenols is 1. The summed E-state index contributed by atoms with van der Waals surface area (Å²) in [5, 5.41) is 10.0. The lowest BCUT2D eigenvalue weighted by atomic mass is 9.95. The van der Waals surface area contributed by atoms with Crippen LogP contribution in [0, 0.1) is 12.8 Å². The van der Waals surface area contributed by atoms with Gasteiger partial charge in [-0.1, -0.05) is 44.2 Å². The second kappa shape index (κ2) is 8.22. The van der Waals surface area contributed by atoms with Gasteiger partial charge in [0.05, 0.1) is 0 Å². The van der Waals surface area contributed by atoms with E-state index in [1.165, 1.54) is 11.3 Å². The molecule has 3 atom stereocenters. The highest BCUT2D eigenvalue weighted by atomic mass is 16.5. The van der Waals surface area contributed by atoms with Gasteiger partial charge in [0, 0.05) is 30.9 Å². The van der Waals surface area contributed by atoms with Crippen molar-refractivity contribution in [3.05, 3.63) is 54.1 Å². The summed E-state index contributed by atoms with van der Waals surface area (Å²) in [7, 11) is 0. The van der Waals surface area contributed by atoms with Crippen LogP contribution in [0.1, 0.15) is 33.3 Å². The maximum absolute atomic E-state index is 10.0. The molecule has 3 unspecified atom stereocenters. The van der Waals surface area contributed by atoms with Gasteiger partial charge in [-0.25, -0.2) is 0 Å². The van der Waals surface area contributed by atoms with E-state index < -0.39 is 0 Å². The first-order valence-electron chi connectivity index (χ1n) is 9.91. The van der Waals surface area contributed by atoms with Crippen LogP contribution in [0.4, 0.5) is 5.69 Å². The van der Waals surface area contributed by atoms with Crippen LogP contribution < -0.4 is 9.64 Å².